The van der Waals surface area contributed by atoms with E-state index in [0.29, 0.717) is 44.9 Å². The van der Waals surface area contributed by atoms with Crippen molar-refractivity contribution in [3.8, 4) is 0 Å². The molecule has 23 unspecified atom stereocenters. The molecule has 364 valence electrons. The molecule has 18 heteroatoms. The summed E-state index contributed by atoms with van der Waals surface area (Å²) in [4.78, 5) is 28.0. The van der Waals surface area contributed by atoms with Crippen molar-refractivity contribution in [3.05, 3.63) is 11.6 Å². The second-order valence-electron chi connectivity index (χ2n) is 22.5. The molecule has 0 aromatic heterocycles. The van der Waals surface area contributed by atoms with Crippen LogP contribution in [0.15, 0.2) is 11.6 Å². The number of carbonyl (C=O) groups excluding carboxylic acids is 1. The van der Waals surface area contributed by atoms with Crippen molar-refractivity contribution in [1.82, 2.24) is 0 Å². The molecule has 0 spiro atoms. The summed E-state index contributed by atoms with van der Waals surface area (Å²) in [5, 5.41) is 108. The summed E-state index contributed by atoms with van der Waals surface area (Å²) in [5.74, 6) is -2.28. The molecule has 3 heterocycles. The van der Waals surface area contributed by atoms with Crippen LogP contribution in [0.3, 0.4) is 0 Å². The highest BCUT2D eigenvalue weighted by atomic mass is 16.8. The zero-order valence-corrected chi connectivity index (χ0v) is 38.0. The van der Waals surface area contributed by atoms with E-state index < -0.39 is 132 Å². The van der Waals surface area contributed by atoms with Crippen molar-refractivity contribution >= 4 is 11.9 Å². The zero-order valence-electron chi connectivity index (χ0n) is 38.0. The largest absolute Gasteiger partial charge is 0.481 e. The molecule has 8 aliphatic rings. The Kier molecular flexibility index (Phi) is 12.7. The average Bonchev–Trinajstić information content (AvgIpc) is 3.22. The van der Waals surface area contributed by atoms with Gasteiger partial charge in [0.05, 0.1) is 42.4 Å². The van der Waals surface area contributed by atoms with Gasteiger partial charge in [0.1, 0.15) is 48.8 Å². The van der Waals surface area contributed by atoms with E-state index in [4.69, 9.17) is 28.4 Å². The second kappa shape index (κ2) is 16.7. The molecule has 23 atom stereocenters. The highest BCUT2D eigenvalue weighted by Crippen LogP contribution is 2.76. The third-order valence-corrected chi connectivity index (χ3v) is 18.6. The third-order valence-electron chi connectivity index (χ3n) is 18.6. The minimum Gasteiger partial charge on any atom is -0.481 e. The Hall–Kier alpha value is -1.88. The van der Waals surface area contributed by atoms with E-state index in [-0.39, 0.29) is 41.6 Å². The zero-order chi connectivity index (χ0) is 46.9. The molecule has 0 bridgehead atoms. The molecule has 3 saturated heterocycles. The predicted molar refractivity (Wildman–Crippen MR) is 220 cm³/mol. The lowest BCUT2D eigenvalue weighted by Gasteiger charge is -2.71. The molecule has 0 aromatic rings. The van der Waals surface area contributed by atoms with E-state index in [0.717, 1.165) is 6.42 Å². The maximum Gasteiger partial charge on any atom is 0.315 e. The van der Waals surface area contributed by atoms with Crippen molar-refractivity contribution in [3.63, 3.8) is 0 Å². The summed E-state index contributed by atoms with van der Waals surface area (Å²) < 4.78 is 35.1. The topological polar surface area (TPSA) is 292 Å². The molecule has 3 aliphatic heterocycles. The van der Waals surface area contributed by atoms with Gasteiger partial charge in [-0.25, -0.2) is 0 Å². The Labute approximate surface area is 373 Å². The lowest BCUT2D eigenvalue weighted by atomic mass is 9.33. The monoisotopic (exact) mass is 912 g/mol. The van der Waals surface area contributed by atoms with E-state index in [1.54, 1.807) is 6.92 Å². The van der Waals surface area contributed by atoms with Gasteiger partial charge in [0.15, 0.2) is 18.7 Å². The molecule has 0 amide bonds. The summed E-state index contributed by atoms with van der Waals surface area (Å²) in [5.41, 5.74) is -2.83. The van der Waals surface area contributed by atoms with Gasteiger partial charge in [0, 0.05) is 0 Å². The maximum atomic E-state index is 15.1. The number of esters is 1. The van der Waals surface area contributed by atoms with E-state index in [2.05, 4.69) is 40.7 Å². The standard InChI is InChI=1S/C46H72O18/c1-20-33(62-36-31(53)28(50)24(48)18-59-36)30(52)32(54)37(61-20)63-34-29(51)25(49)19-60-38(34)64-40(58)46-14-12-41(2,3)16-22(46)21-8-9-26-42(4)17-23(47)35(55)45(7,39(56)57)27(42)10-11-44(26,6)43(21,5)13-15-46/h8,20,22-38,47-55H,9-19H2,1-7H3,(H,56,57). The van der Waals surface area contributed by atoms with Crippen molar-refractivity contribution < 1.29 is 89.1 Å². The number of rotatable bonds is 7. The number of hydrogen-bond acceptors (Lipinski definition) is 17. The summed E-state index contributed by atoms with van der Waals surface area (Å²) in [6.45, 7) is 13.4. The fourth-order valence-corrected chi connectivity index (χ4v) is 14.4. The number of aliphatic carboxylic acids is 1. The normalized spacial score (nSPS) is 54.8. The number of carboxylic acids is 1. The highest BCUT2D eigenvalue weighted by Gasteiger charge is 2.72. The van der Waals surface area contributed by atoms with Crippen molar-refractivity contribution in [2.45, 2.75) is 198 Å². The molecule has 0 aromatic carbocycles. The average molecular weight is 913 g/mol. The van der Waals surface area contributed by atoms with Crippen LogP contribution in [0.4, 0.5) is 0 Å². The number of ether oxygens (including phenoxy) is 6. The van der Waals surface area contributed by atoms with Gasteiger partial charge in [-0.2, -0.15) is 0 Å². The van der Waals surface area contributed by atoms with Gasteiger partial charge in [-0.1, -0.05) is 46.3 Å². The van der Waals surface area contributed by atoms with Crippen LogP contribution in [0.5, 0.6) is 0 Å². The Balaban J connectivity index is 1.04. The van der Waals surface area contributed by atoms with Gasteiger partial charge in [0.2, 0.25) is 6.29 Å². The molecular formula is C46H72O18. The number of fused-ring (bicyclic) bond motifs is 7. The van der Waals surface area contributed by atoms with Crippen LogP contribution in [0.1, 0.15) is 106 Å². The van der Waals surface area contributed by atoms with Crippen LogP contribution in [-0.2, 0) is 38.0 Å². The van der Waals surface area contributed by atoms with Crippen LogP contribution >= 0.6 is 0 Å². The third kappa shape index (κ3) is 7.26. The molecule has 64 heavy (non-hydrogen) atoms. The van der Waals surface area contributed by atoms with Crippen LogP contribution in [0.25, 0.3) is 0 Å². The lowest BCUT2D eigenvalue weighted by molar-refractivity contribution is -0.368. The summed E-state index contributed by atoms with van der Waals surface area (Å²) in [6, 6.07) is 0. The number of allylic oxidation sites excluding steroid dienone is 2. The number of hydrogen-bond donors (Lipinski definition) is 10. The van der Waals surface area contributed by atoms with E-state index in [1.807, 2.05) is 0 Å². The lowest BCUT2D eigenvalue weighted by Crippen LogP contribution is -2.69. The molecule has 0 radical (unpaired) electrons. The Morgan fingerprint density at radius 1 is 0.672 bits per heavy atom. The molecular weight excluding hydrogens is 840 g/mol. The summed E-state index contributed by atoms with van der Waals surface area (Å²) in [7, 11) is 0. The number of carbonyl (C=O) groups is 2. The first kappa shape index (κ1) is 48.6. The fourth-order valence-electron chi connectivity index (χ4n) is 14.4. The number of aliphatic hydroxyl groups is 9. The van der Waals surface area contributed by atoms with Gasteiger partial charge in [-0.3, -0.25) is 9.59 Å². The van der Waals surface area contributed by atoms with Gasteiger partial charge in [-0.05, 0) is 111 Å². The van der Waals surface area contributed by atoms with Gasteiger partial charge in [-0.15, -0.1) is 0 Å². The molecule has 5 aliphatic carbocycles. The predicted octanol–water partition coefficient (Wildman–Crippen LogP) is 0.482. The van der Waals surface area contributed by atoms with Gasteiger partial charge in [0.25, 0.3) is 0 Å². The smallest absolute Gasteiger partial charge is 0.315 e. The van der Waals surface area contributed by atoms with Gasteiger partial charge >= 0.3 is 11.9 Å². The molecule has 4 saturated carbocycles. The number of carboxylic acid groups (broad SMARTS) is 1. The van der Waals surface area contributed by atoms with Gasteiger partial charge < -0.3 is 79.5 Å². The Bertz CT molecular complexity index is 1810. The quantitative estimate of drug-likeness (QED) is 0.123. The summed E-state index contributed by atoms with van der Waals surface area (Å²) in [6.07, 6.45) is -15.1. The first-order valence-corrected chi connectivity index (χ1v) is 23.2. The fraction of sp³-hybridized carbons (Fsp3) is 0.913. The van der Waals surface area contributed by atoms with Crippen LogP contribution in [0.2, 0.25) is 0 Å². The van der Waals surface area contributed by atoms with Crippen LogP contribution in [-0.4, -0.2) is 168 Å². The molecule has 18 nitrogen and oxygen atoms in total. The molecule has 10 N–H and O–H groups in total. The van der Waals surface area contributed by atoms with Crippen LogP contribution in [0, 0.1) is 50.2 Å². The van der Waals surface area contributed by atoms with Crippen LogP contribution < -0.4 is 0 Å². The van der Waals surface area contributed by atoms with Crippen molar-refractivity contribution in [2.24, 2.45) is 50.2 Å². The number of aliphatic hydroxyl groups excluding tert-OH is 9. The maximum absolute atomic E-state index is 15.1. The minimum atomic E-state index is -1.83. The van der Waals surface area contributed by atoms with Crippen molar-refractivity contribution in [1.29, 1.82) is 0 Å². The Morgan fingerprint density at radius 3 is 1.95 bits per heavy atom. The second-order valence-corrected chi connectivity index (χ2v) is 22.5. The van der Waals surface area contributed by atoms with E-state index in [9.17, 15) is 55.9 Å². The summed E-state index contributed by atoms with van der Waals surface area (Å²) >= 11 is 0. The highest BCUT2D eigenvalue weighted by molar-refractivity contribution is 5.79. The van der Waals surface area contributed by atoms with E-state index in [1.165, 1.54) is 12.5 Å². The molecule has 7 fully saturated rings. The Morgan fingerprint density at radius 2 is 1.28 bits per heavy atom. The SMILES string of the molecule is CC1OC(OC2C(OC(=O)C34CCC(C)(C)CC3C3=CCC5C6(C)CC(O)C(O)C(C)(C(=O)O)C6CCC5(C)C3(C)CC4)OCC(O)C2O)C(O)C(O)C1OC1OCC(O)C(O)C1O. The van der Waals surface area contributed by atoms with E-state index >= 15 is 4.79 Å². The minimum absolute atomic E-state index is 0.0135. The first-order valence-electron chi connectivity index (χ1n) is 23.2. The molecule has 8 rings (SSSR count). The van der Waals surface area contributed by atoms with Crippen molar-refractivity contribution in [2.75, 3.05) is 13.2 Å². The first-order chi connectivity index (χ1) is 29.8.